The number of carbonyl (C=O) groups excluding carboxylic acids is 2. The van der Waals surface area contributed by atoms with E-state index in [-0.39, 0.29) is 11.9 Å². The van der Waals surface area contributed by atoms with Gasteiger partial charge in [0.05, 0.1) is 19.8 Å². The van der Waals surface area contributed by atoms with Crippen LogP contribution in [0.3, 0.4) is 0 Å². The third kappa shape index (κ3) is 5.04. The minimum atomic E-state index is -0.353. The summed E-state index contributed by atoms with van der Waals surface area (Å²) in [4.78, 5) is 24.6. The first kappa shape index (κ1) is 19.8. The van der Waals surface area contributed by atoms with Gasteiger partial charge in [-0.1, -0.05) is 24.3 Å². The molecule has 0 saturated carbocycles. The number of nitrogens with one attached hydrogen (secondary N) is 3. The second kappa shape index (κ2) is 9.27. The van der Waals surface area contributed by atoms with Crippen LogP contribution >= 0.6 is 0 Å². The molecule has 3 aromatic carbocycles. The van der Waals surface area contributed by atoms with Crippen LogP contribution in [0.15, 0.2) is 72.8 Å². The van der Waals surface area contributed by atoms with E-state index in [2.05, 4.69) is 16.0 Å². The standard InChI is InChI=1S/C22H21N3O4/c1-28-19-10-6-9-18(20(19)29-2)21(26)23-16-11-13-17(14-12-16)25-22(27)24-15-7-4-3-5-8-15/h3-14H,1-2H3,(H,23,26)(H2,24,25,27). The topological polar surface area (TPSA) is 88.7 Å². The fourth-order valence-corrected chi connectivity index (χ4v) is 2.72. The van der Waals surface area contributed by atoms with Crippen LogP contribution in [-0.4, -0.2) is 26.2 Å². The highest BCUT2D eigenvalue weighted by molar-refractivity contribution is 6.07. The number of methoxy groups -OCH3 is 2. The summed E-state index contributed by atoms with van der Waals surface area (Å²) < 4.78 is 10.5. The molecule has 29 heavy (non-hydrogen) atoms. The van der Waals surface area contributed by atoms with Gasteiger partial charge in [-0.3, -0.25) is 4.79 Å². The average molecular weight is 391 g/mol. The summed E-state index contributed by atoms with van der Waals surface area (Å²) in [6.07, 6.45) is 0. The third-order valence-corrected chi connectivity index (χ3v) is 4.08. The van der Waals surface area contributed by atoms with Crippen molar-refractivity contribution in [1.29, 1.82) is 0 Å². The summed E-state index contributed by atoms with van der Waals surface area (Å²) in [7, 11) is 2.99. The van der Waals surface area contributed by atoms with E-state index in [0.717, 1.165) is 0 Å². The number of urea groups is 1. The smallest absolute Gasteiger partial charge is 0.323 e. The molecule has 0 aliphatic carbocycles. The highest BCUT2D eigenvalue weighted by Crippen LogP contribution is 2.31. The Balaban J connectivity index is 1.63. The number of benzene rings is 3. The van der Waals surface area contributed by atoms with E-state index in [1.54, 1.807) is 54.6 Å². The summed E-state index contributed by atoms with van der Waals surface area (Å²) >= 11 is 0. The molecule has 0 saturated heterocycles. The van der Waals surface area contributed by atoms with E-state index in [0.29, 0.717) is 34.1 Å². The Kier molecular flexibility index (Phi) is 6.32. The Morgan fingerprint density at radius 3 is 1.83 bits per heavy atom. The van der Waals surface area contributed by atoms with E-state index in [1.165, 1.54) is 14.2 Å². The molecule has 0 atom stereocenters. The summed E-state index contributed by atoms with van der Waals surface area (Å²) in [5.74, 6) is 0.510. The maximum absolute atomic E-state index is 12.6. The van der Waals surface area contributed by atoms with Crippen molar-refractivity contribution in [3.63, 3.8) is 0 Å². The van der Waals surface area contributed by atoms with E-state index in [1.807, 2.05) is 18.2 Å². The number of anilines is 3. The van der Waals surface area contributed by atoms with Crippen LogP contribution in [0.2, 0.25) is 0 Å². The number of rotatable bonds is 6. The van der Waals surface area contributed by atoms with Crippen molar-refractivity contribution in [2.45, 2.75) is 0 Å². The molecule has 7 heteroatoms. The van der Waals surface area contributed by atoms with Crippen LogP contribution in [0.5, 0.6) is 11.5 Å². The molecule has 0 unspecified atom stereocenters. The summed E-state index contributed by atoms with van der Waals surface area (Å²) in [5.41, 5.74) is 2.22. The Labute approximate surface area is 168 Å². The highest BCUT2D eigenvalue weighted by Gasteiger charge is 2.16. The lowest BCUT2D eigenvalue weighted by Gasteiger charge is -2.13. The lowest BCUT2D eigenvalue weighted by molar-refractivity contribution is 0.102. The number of carbonyl (C=O) groups is 2. The molecule has 0 aliphatic rings. The number of hydrogen-bond donors (Lipinski definition) is 3. The van der Waals surface area contributed by atoms with Gasteiger partial charge in [0.1, 0.15) is 0 Å². The fraction of sp³-hybridized carbons (Fsp3) is 0.0909. The summed E-state index contributed by atoms with van der Waals surface area (Å²) in [6, 6.07) is 20.7. The van der Waals surface area contributed by atoms with E-state index >= 15 is 0 Å². The monoisotopic (exact) mass is 391 g/mol. The Hall–Kier alpha value is -4.00. The zero-order valence-electron chi connectivity index (χ0n) is 16.1. The van der Waals surface area contributed by atoms with E-state index < -0.39 is 0 Å². The first-order chi connectivity index (χ1) is 14.1. The van der Waals surface area contributed by atoms with Crippen molar-refractivity contribution in [3.8, 4) is 11.5 Å². The lowest BCUT2D eigenvalue weighted by atomic mass is 10.1. The molecule has 3 N–H and O–H groups in total. The quantitative estimate of drug-likeness (QED) is 0.573. The minimum Gasteiger partial charge on any atom is -0.493 e. The van der Waals surface area contributed by atoms with Crippen molar-refractivity contribution in [2.75, 3.05) is 30.2 Å². The third-order valence-electron chi connectivity index (χ3n) is 4.08. The number of ether oxygens (including phenoxy) is 2. The molecular formula is C22H21N3O4. The van der Waals surface area contributed by atoms with Gasteiger partial charge in [0.2, 0.25) is 0 Å². The second-order valence-corrected chi connectivity index (χ2v) is 6.02. The summed E-state index contributed by atoms with van der Waals surface area (Å²) in [5, 5.41) is 8.28. The SMILES string of the molecule is COc1cccc(C(=O)Nc2ccc(NC(=O)Nc3ccccc3)cc2)c1OC. The number of amides is 3. The van der Waals surface area contributed by atoms with Gasteiger partial charge in [-0.15, -0.1) is 0 Å². The van der Waals surface area contributed by atoms with E-state index in [9.17, 15) is 9.59 Å². The highest BCUT2D eigenvalue weighted by atomic mass is 16.5. The van der Waals surface area contributed by atoms with Gasteiger partial charge in [0, 0.05) is 17.1 Å². The Bertz CT molecular complexity index is 989. The Morgan fingerprint density at radius 2 is 1.24 bits per heavy atom. The molecule has 0 aromatic heterocycles. The second-order valence-electron chi connectivity index (χ2n) is 6.02. The first-order valence-corrected chi connectivity index (χ1v) is 8.86. The molecule has 3 rings (SSSR count). The normalized spacial score (nSPS) is 10.0. The number of para-hydroxylation sites is 2. The van der Waals surface area contributed by atoms with Gasteiger partial charge in [-0.05, 0) is 48.5 Å². The molecular weight excluding hydrogens is 370 g/mol. The Morgan fingerprint density at radius 1 is 0.655 bits per heavy atom. The van der Waals surface area contributed by atoms with Gasteiger partial charge < -0.3 is 25.4 Å². The molecule has 148 valence electrons. The van der Waals surface area contributed by atoms with Gasteiger partial charge >= 0.3 is 6.03 Å². The van der Waals surface area contributed by atoms with Crippen molar-refractivity contribution < 1.29 is 19.1 Å². The van der Waals surface area contributed by atoms with Crippen molar-refractivity contribution >= 4 is 29.0 Å². The molecule has 3 aromatic rings. The van der Waals surface area contributed by atoms with Gasteiger partial charge in [-0.25, -0.2) is 4.79 Å². The minimum absolute atomic E-state index is 0.330. The molecule has 3 amide bonds. The molecule has 0 heterocycles. The molecule has 0 radical (unpaired) electrons. The fourth-order valence-electron chi connectivity index (χ4n) is 2.72. The van der Waals surface area contributed by atoms with Crippen LogP contribution in [0, 0.1) is 0 Å². The van der Waals surface area contributed by atoms with Crippen molar-refractivity contribution in [3.05, 3.63) is 78.4 Å². The van der Waals surface area contributed by atoms with Crippen LogP contribution in [-0.2, 0) is 0 Å². The molecule has 0 aliphatic heterocycles. The zero-order valence-corrected chi connectivity index (χ0v) is 16.1. The maximum Gasteiger partial charge on any atom is 0.323 e. The molecule has 0 spiro atoms. The lowest BCUT2D eigenvalue weighted by Crippen LogP contribution is -2.19. The molecule has 0 bridgehead atoms. The predicted octanol–water partition coefficient (Wildman–Crippen LogP) is 4.60. The van der Waals surface area contributed by atoms with Crippen LogP contribution < -0.4 is 25.4 Å². The maximum atomic E-state index is 12.6. The van der Waals surface area contributed by atoms with E-state index in [4.69, 9.17) is 9.47 Å². The predicted molar refractivity (Wildman–Crippen MR) is 113 cm³/mol. The molecule has 0 fully saturated rings. The average Bonchev–Trinajstić information content (AvgIpc) is 2.75. The van der Waals surface area contributed by atoms with Crippen molar-refractivity contribution in [2.24, 2.45) is 0 Å². The number of hydrogen-bond acceptors (Lipinski definition) is 4. The first-order valence-electron chi connectivity index (χ1n) is 8.86. The zero-order chi connectivity index (χ0) is 20.6. The van der Waals surface area contributed by atoms with Gasteiger partial charge in [0.25, 0.3) is 5.91 Å². The van der Waals surface area contributed by atoms with Gasteiger partial charge in [0.15, 0.2) is 11.5 Å². The van der Waals surface area contributed by atoms with Crippen LogP contribution in [0.25, 0.3) is 0 Å². The van der Waals surface area contributed by atoms with Crippen molar-refractivity contribution in [1.82, 2.24) is 0 Å². The van der Waals surface area contributed by atoms with Crippen LogP contribution in [0.4, 0.5) is 21.9 Å². The molecule has 7 nitrogen and oxygen atoms in total. The van der Waals surface area contributed by atoms with Gasteiger partial charge in [-0.2, -0.15) is 0 Å². The van der Waals surface area contributed by atoms with Crippen LogP contribution in [0.1, 0.15) is 10.4 Å². The largest absolute Gasteiger partial charge is 0.493 e. The summed E-state index contributed by atoms with van der Waals surface area (Å²) in [6.45, 7) is 0.